The summed E-state index contributed by atoms with van der Waals surface area (Å²) in [6, 6.07) is 7.88. The van der Waals surface area contributed by atoms with Crippen LogP contribution in [-0.4, -0.2) is 42.7 Å². The molecule has 3 rings (SSSR count). The number of nitrogens with one attached hydrogen (secondary N) is 1. The van der Waals surface area contributed by atoms with Crippen LogP contribution < -0.4 is 4.74 Å². The summed E-state index contributed by atoms with van der Waals surface area (Å²) in [6.07, 6.45) is 1.20. The standard InChI is InChI=1S/C23H29NO5/c1-5-27-18-8-6-16(7-9-18)17-12-19-21(20(25)13-17)15(4)22(24-19)23(26)29-11-10-28-14(2)3/h6-9,14,17,24H,5,10-13H2,1-4H3. The van der Waals surface area contributed by atoms with Crippen molar-refractivity contribution in [3.8, 4) is 5.75 Å². The van der Waals surface area contributed by atoms with Gasteiger partial charge in [-0.1, -0.05) is 12.1 Å². The van der Waals surface area contributed by atoms with Crippen LogP contribution in [0.4, 0.5) is 0 Å². The van der Waals surface area contributed by atoms with Gasteiger partial charge in [0.15, 0.2) is 5.78 Å². The zero-order valence-corrected chi connectivity index (χ0v) is 17.5. The lowest BCUT2D eigenvalue weighted by atomic mass is 9.81. The first-order valence-electron chi connectivity index (χ1n) is 10.2. The molecule has 0 aliphatic heterocycles. The monoisotopic (exact) mass is 399 g/mol. The third kappa shape index (κ3) is 4.88. The number of Topliss-reactive ketones (excluding diaryl/α,β-unsaturated/α-hetero) is 1. The number of aromatic amines is 1. The number of rotatable bonds is 8. The van der Waals surface area contributed by atoms with Gasteiger partial charge in [-0.15, -0.1) is 0 Å². The number of esters is 1. The molecule has 0 fully saturated rings. The molecule has 1 unspecified atom stereocenters. The van der Waals surface area contributed by atoms with E-state index in [-0.39, 0.29) is 24.4 Å². The van der Waals surface area contributed by atoms with Crippen LogP contribution in [0.2, 0.25) is 0 Å². The van der Waals surface area contributed by atoms with Crippen molar-refractivity contribution in [2.75, 3.05) is 19.8 Å². The van der Waals surface area contributed by atoms with Crippen molar-refractivity contribution >= 4 is 11.8 Å². The van der Waals surface area contributed by atoms with Crippen molar-refractivity contribution in [1.82, 2.24) is 4.98 Å². The van der Waals surface area contributed by atoms with Gasteiger partial charge in [-0.25, -0.2) is 4.79 Å². The van der Waals surface area contributed by atoms with E-state index in [1.54, 1.807) is 6.92 Å². The van der Waals surface area contributed by atoms with E-state index in [0.29, 0.717) is 42.9 Å². The van der Waals surface area contributed by atoms with Crippen LogP contribution in [0, 0.1) is 6.92 Å². The molecule has 1 aliphatic rings. The Labute approximate surface area is 171 Å². The number of fused-ring (bicyclic) bond motifs is 1. The van der Waals surface area contributed by atoms with E-state index in [4.69, 9.17) is 14.2 Å². The first-order valence-corrected chi connectivity index (χ1v) is 10.2. The first-order chi connectivity index (χ1) is 13.9. The Morgan fingerprint density at radius 3 is 2.55 bits per heavy atom. The maximum Gasteiger partial charge on any atom is 0.355 e. The van der Waals surface area contributed by atoms with E-state index in [0.717, 1.165) is 17.0 Å². The molecule has 156 valence electrons. The maximum atomic E-state index is 12.8. The fraction of sp³-hybridized carbons (Fsp3) is 0.478. The SMILES string of the molecule is CCOc1ccc(C2CC(=O)c3c([nH]c(C(=O)OCCOC(C)C)c3C)C2)cc1. The number of ketones is 1. The van der Waals surface area contributed by atoms with Crippen LogP contribution in [0.25, 0.3) is 0 Å². The molecule has 0 bridgehead atoms. The van der Waals surface area contributed by atoms with Gasteiger partial charge < -0.3 is 19.2 Å². The minimum absolute atomic E-state index is 0.0566. The predicted molar refractivity (Wildman–Crippen MR) is 110 cm³/mol. The average Bonchev–Trinajstić information content (AvgIpc) is 3.03. The highest BCUT2D eigenvalue weighted by atomic mass is 16.6. The van der Waals surface area contributed by atoms with Crippen molar-refractivity contribution in [2.45, 2.75) is 52.6 Å². The first kappa shape index (κ1) is 21.1. The Morgan fingerprint density at radius 1 is 1.17 bits per heavy atom. The molecule has 1 aromatic heterocycles. The van der Waals surface area contributed by atoms with Gasteiger partial charge in [-0.05, 0) is 63.3 Å². The fourth-order valence-corrected chi connectivity index (χ4v) is 3.77. The molecule has 6 heteroatoms. The largest absolute Gasteiger partial charge is 0.494 e. The second-order valence-corrected chi connectivity index (χ2v) is 7.56. The number of hydrogen-bond acceptors (Lipinski definition) is 5. The number of carbonyl (C=O) groups excluding carboxylic acids is 2. The van der Waals surface area contributed by atoms with Gasteiger partial charge in [0.1, 0.15) is 18.1 Å². The molecule has 1 atom stereocenters. The zero-order valence-electron chi connectivity index (χ0n) is 17.5. The quantitative estimate of drug-likeness (QED) is 0.531. The van der Waals surface area contributed by atoms with E-state index < -0.39 is 5.97 Å². The van der Waals surface area contributed by atoms with E-state index in [1.807, 2.05) is 45.0 Å². The molecule has 6 nitrogen and oxygen atoms in total. The summed E-state index contributed by atoms with van der Waals surface area (Å²) in [5, 5.41) is 0. The second-order valence-electron chi connectivity index (χ2n) is 7.56. The Kier molecular flexibility index (Phi) is 6.75. The minimum Gasteiger partial charge on any atom is -0.494 e. The van der Waals surface area contributed by atoms with Gasteiger partial charge in [-0.3, -0.25) is 4.79 Å². The molecule has 2 aromatic rings. The van der Waals surface area contributed by atoms with Crippen LogP contribution in [0.5, 0.6) is 5.75 Å². The Morgan fingerprint density at radius 2 is 1.90 bits per heavy atom. The smallest absolute Gasteiger partial charge is 0.355 e. The Bertz CT molecular complexity index is 866. The summed E-state index contributed by atoms with van der Waals surface area (Å²) in [6.45, 7) is 8.75. The molecule has 0 spiro atoms. The third-order valence-electron chi connectivity index (χ3n) is 5.12. The Balaban J connectivity index is 1.72. The van der Waals surface area contributed by atoms with E-state index in [2.05, 4.69) is 4.98 Å². The lowest BCUT2D eigenvalue weighted by molar-refractivity contribution is 0.0172. The molecule has 0 amide bonds. The summed E-state index contributed by atoms with van der Waals surface area (Å²) >= 11 is 0. The van der Waals surface area contributed by atoms with Gasteiger partial charge in [0, 0.05) is 17.7 Å². The normalized spacial score (nSPS) is 16.0. The summed E-state index contributed by atoms with van der Waals surface area (Å²) in [4.78, 5) is 28.4. The summed E-state index contributed by atoms with van der Waals surface area (Å²) < 4.78 is 16.2. The molecule has 1 heterocycles. The van der Waals surface area contributed by atoms with Crippen LogP contribution in [-0.2, 0) is 15.9 Å². The highest BCUT2D eigenvalue weighted by Gasteiger charge is 2.32. The number of benzene rings is 1. The van der Waals surface area contributed by atoms with Crippen molar-refractivity contribution in [2.24, 2.45) is 0 Å². The van der Waals surface area contributed by atoms with Gasteiger partial charge >= 0.3 is 5.97 Å². The van der Waals surface area contributed by atoms with E-state index in [1.165, 1.54) is 0 Å². The third-order valence-corrected chi connectivity index (χ3v) is 5.12. The Hall–Kier alpha value is -2.60. The molecule has 1 N–H and O–H groups in total. The topological polar surface area (TPSA) is 77.6 Å². The molecule has 1 aromatic carbocycles. The average molecular weight is 399 g/mol. The van der Waals surface area contributed by atoms with Crippen LogP contribution >= 0.6 is 0 Å². The van der Waals surface area contributed by atoms with Crippen molar-refractivity contribution in [1.29, 1.82) is 0 Å². The predicted octanol–water partition coefficient (Wildman–Crippen LogP) is 4.22. The molecule has 1 aliphatic carbocycles. The summed E-state index contributed by atoms with van der Waals surface area (Å²) in [5.41, 5.74) is 3.57. The van der Waals surface area contributed by atoms with E-state index >= 15 is 0 Å². The lowest BCUT2D eigenvalue weighted by Gasteiger charge is -2.22. The van der Waals surface area contributed by atoms with Crippen molar-refractivity contribution < 1.29 is 23.8 Å². The van der Waals surface area contributed by atoms with Gasteiger partial charge in [0.2, 0.25) is 0 Å². The van der Waals surface area contributed by atoms with Gasteiger partial charge in [0.05, 0.1) is 19.3 Å². The van der Waals surface area contributed by atoms with Crippen LogP contribution in [0.3, 0.4) is 0 Å². The molecule has 0 saturated heterocycles. The van der Waals surface area contributed by atoms with Crippen molar-refractivity contribution in [3.05, 3.63) is 52.3 Å². The second kappa shape index (κ2) is 9.27. The maximum absolute atomic E-state index is 12.8. The number of hydrogen-bond donors (Lipinski definition) is 1. The van der Waals surface area contributed by atoms with Gasteiger partial charge in [-0.2, -0.15) is 0 Å². The summed E-state index contributed by atoms with van der Waals surface area (Å²) in [5.74, 6) is 0.504. The summed E-state index contributed by atoms with van der Waals surface area (Å²) in [7, 11) is 0. The van der Waals surface area contributed by atoms with E-state index in [9.17, 15) is 9.59 Å². The number of aromatic nitrogens is 1. The number of H-pyrrole nitrogens is 1. The molecular weight excluding hydrogens is 370 g/mol. The fourth-order valence-electron chi connectivity index (χ4n) is 3.77. The molecule has 29 heavy (non-hydrogen) atoms. The number of ether oxygens (including phenoxy) is 3. The molecular formula is C23H29NO5. The highest BCUT2D eigenvalue weighted by Crippen LogP contribution is 2.35. The minimum atomic E-state index is -0.449. The van der Waals surface area contributed by atoms with Crippen LogP contribution in [0.15, 0.2) is 24.3 Å². The zero-order chi connectivity index (χ0) is 21.0. The molecule has 0 radical (unpaired) electrons. The number of carbonyl (C=O) groups is 2. The molecule has 0 saturated carbocycles. The van der Waals surface area contributed by atoms with Crippen LogP contribution in [0.1, 0.15) is 70.8 Å². The van der Waals surface area contributed by atoms with Gasteiger partial charge in [0.25, 0.3) is 0 Å². The highest BCUT2D eigenvalue weighted by molar-refractivity contribution is 6.03. The van der Waals surface area contributed by atoms with Crippen molar-refractivity contribution in [3.63, 3.8) is 0 Å². The lowest BCUT2D eigenvalue weighted by Crippen LogP contribution is -2.18.